The van der Waals surface area contributed by atoms with E-state index in [4.69, 9.17) is 23.2 Å². The van der Waals surface area contributed by atoms with Gasteiger partial charge in [-0.1, -0.05) is 77.8 Å². The van der Waals surface area contributed by atoms with Crippen molar-refractivity contribution >= 4 is 47.0 Å². The molecule has 0 aliphatic carbocycles. The van der Waals surface area contributed by atoms with Gasteiger partial charge in [0.2, 0.25) is 5.91 Å². The molecule has 0 radical (unpaired) electrons. The Bertz CT molecular complexity index is 2030. The molecule has 5 aromatic carbocycles. The number of rotatable bonds is 11. The lowest BCUT2D eigenvalue weighted by atomic mass is 9.89. The van der Waals surface area contributed by atoms with Crippen LogP contribution in [0.4, 0.5) is 18.9 Å². The van der Waals surface area contributed by atoms with Crippen molar-refractivity contribution in [2.75, 3.05) is 11.9 Å². The molecule has 0 bridgehead atoms. The van der Waals surface area contributed by atoms with Gasteiger partial charge in [-0.15, -0.1) is 0 Å². The van der Waals surface area contributed by atoms with Crippen LogP contribution in [0.25, 0.3) is 22.3 Å². The largest absolute Gasteiger partial charge is 0.417 e. The molecule has 0 spiro atoms. The van der Waals surface area contributed by atoms with Crippen LogP contribution in [0.5, 0.6) is 0 Å². The molecule has 0 heterocycles. The average Bonchev–Trinajstić information content (AvgIpc) is 3.07. The Morgan fingerprint density at radius 2 is 1.36 bits per heavy atom. The third-order valence-electron chi connectivity index (χ3n) is 8.40. The zero-order valence-electron chi connectivity index (χ0n) is 27.2. The zero-order chi connectivity index (χ0) is 36.0. The lowest BCUT2D eigenvalue weighted by Gasteiger charge is -2.20. The standard InChI is InChI=1S/C40H33Cl2F3N2O3/c1-24-20-30(41)12-15-33(24)27-8-10-28(11-9-27)36(22-26-4-6-29(7-5-26)38(49)46-18-3-19-48)39(50)47-32-14-17-35(37(23-32)40(43,44)45)34-16-13-31(42)21-25(34)2/h4-17,19-21,23,36H,3,18,22H2,1-2H3,(H,46,49)(H,47,50). The maximum Gasteiger partial charge on any atom is 0.417 e. The van der Waals surface area contributed by atoms with E-state index in [0.29, 0.717) is 32.3 Å². The van der Waals surface area contributed by atoms with Gasteiger partial charge in [0.1, 0.15) is 6.29 Å². The number of alkyl halides is 3. The van der Waals surface area contributed by atoms with Crippen molar-refractivity contribution in [1.29, 1.82) is 0 Å². The Labute approximate surface area is 298 Å². The topological polar surface area (TPSA) is 75.3 Å². The Morgan fingerprint density at radius 3 is 1.94 bits per heavy atom. The predicted octanol–water partition coefficient (Wildman–Crippen LogP) is 10.2. The summed E-state index contributed by atoms with van der Waals surface area (Å²) >= 11 is 12.2. The number of anilines is 1. The Morgan fingerprint density at radius 1 is 0.760 bits per heavy atom. The van der Waals surface area contributed by atoms with E-state index in [1.165, 1.54) is 18.2 Å². The van der Waals surface area contributed by atoms with Crippen LogP contribution < -0.4 is 10.6 Å². The quantitative estimate of drug-likeness (QED) is 0.106. The van der Waals surface area contributed by atoms with E-state index < -0.39 is 23.6 Å². The first-order valence-corrected chi connectivity index (χ1v) is 16.6. The summed E-state index contributed by atoms with van der Waals surface area (Å²) in [5.74, 6) is -1.63. The molecule has 2 amide bonds. The highest BCUT2D eigenvalue weighted by molar-refractivity contribution is 6.31. The Kier molecular flexibility index (Phi) is 11.5. The second-order valence-electron chi connectivity index (χ2n) is 12.0. The number of nitrogens with one attached hydrogen (secondary N) is 2. The second kappa shape index (κ2) is 15.7. The fourth-order valence-corrected chi connectivity index (χ4v) is 6.29. The van der Waals surface area contributed by atoms with Crippen molar-refractivity contribution in [2.24, 2.45) is 0 Å². The highest BCUT2D eigenvalue weighted by Gasteiger charge is 2.35. The smallest absolute Gasteiger partial charge is 0.352 e. The van der Waals surface area contributed by atoms with Crippen LogP contribution in [0.2, 0.25) is 10.0 Å². The average molecular weight is 718 g/mol. The highest BCUT2D eigenvalue weighted by atomic mass is 35.5. The van der Waals surface area contributed by atoms with Crippen LogP contribution in [0.15, 0.2) is 103 Å². The maximum absolute atomic E-state index is 14.4. The first kappa shape index (κ1) is 36.4. The lowest BCUT2D eigenvalue weighted by Crippen LogP contribution is -2.25. The molecule has 0 aliphatic heterocycles. The summed E-state index contributed by atoms with van der Waals surface area (Å²) in [6.45, 7) is 3.86. The first-order valence-electron chi connectivity index (χ1n) is 15.8. The molecule has 0 fully saturated rings. The molecular formula is C40H33Cl2F3N2O3. The van der Waals surface area contributed by atoms with Crippen LogP contribution in [0, 0.1) is 13.8 Å². The summed E-state index contributed by atoms with van der Waals surface area (Å²) in [5, 5.41) is 6.43. The van der Waals surface area contributed by atoms with Crippen LogP contribution in [0.3, 0.4) is 0 Å². The summed E-state index contributed by atoms with van der Waals surface area (Å²) < 4.78 is 43.2. The molecule has 5 aromatic rings. The monoisotopic (exact) mass is 716 g/mol. The minimum atomic E-state index is -4.70. The number of aldehydes is 1. The van der Waals surface area contributed by atoms with Gasteiger partial charge in [0, 0.05) is 34.3 Å². The van der Waals surface area contributed by atoms with Crippen molar-refractivity contribution in [3.05, 3.63) is 147 Å². The molecule has 50 heavy (non-hydrogen) atoms. The van der Waals surface area contributed by atoms with Gasteiger partial charge in [0.25, 0.3) is 5.91 Å². The predicted molar refractivity (Wildman–Crippen MR) is 193 cm³/mol. The van der Waals surface area contributed by atoms with Crippen LogP contribution in [-0.4, -0.2) is 24.6 Å². The fourth-order valence-electron chi connectivity index (χ4n) is 5.83. The molecule has 10 heteroatoms. The number of carbonyl (C=O) groups excluding carboxylic acids is 3. The summed E-state index contributed by atoms with van der Waals surface area (Å²) in [6, 6.07) is 28.2. The summed E-state index contributed by atoms with van der Waals surface area (Å²) in [5.41, 5.74) is 4.69. The van der Waals surface area contributed by atoms with Crippen molar-refractivity contribution < 1.29 is 27.6 Å². The number of hydrogen-bond donors (Lipinski definition) is 2. The Hall–Kier alpha value is -4.92. The van der Waals surface area contributed by atoms with Crippen molar-refractivity contribution in [2.45, 2.75) is 38.8 Å². The molecule has 5 nitrogen and oxygen atoms in total. The molecule has 5 rings (SSSR count). The van der Waals surface area contributed by atoms with Crippen LogP contribution in [-0.2, 0) is 22.2 Å². The van der Waals surface area contributed by atoms with Crippen LogP contribution >= 0.6 is 23.2 Å². The number of aryl methyl sites for hydroxylation is 2. The van der Waals surface area contributed by atoms with Gasteiger partial charge in [-0.3, -0.25) is 9.59 Å². The molecule has 1 unspecified atom stereocenters. The van der Waals surface area contributed by atoms with Gasteiger partial charge < -0.3 is 15.4 Å². The summed E-state index contributed by atoms with van der Waals surface area (Å²) in [4.78, 5) is 37.0. The van der Waals surface area contributed by atoms with Gasteiger partial charge in [0.15, 0.2) is 0 Å². The van der Waals surface area contributed by atoms with Gasteiger partial charge >= 0.3 is 6.18 Å². The molecule has 0 aliphatic rings. The number of amides is 2. The SMILES string of the molecule is Cc1cc(Cl)ccc1-c1ccc(C(Cc2ccc(C(=O)NCCC=O)cc2)C(=O)Nc2ccc(-c3ccc(Cl)cc3C)c(C(F)(F)F)c2)cc1. The minimum absolute atomic E-state index is 0.00144. The third-order valence-corrected chi connectivity index (χ3v) is 8.87. The molecule has 2 N–H and O–H groups in total. The van der Waals surface area contributed by atoms with E-state index in [1.54, 1.807) is 49.4 Å². The van der Waals surface area contributed by atoms with Crippen molar-refractivity contribution in [3.63, 3.8) is 0 Å². The molecule has 0 saturated carbocycles. The van der Waals surface area contributed by atoms with E-state index in [2.05, 4.69) is 10.6 Å². The van der Waals surface area contributed by atoms with Crippen molar-refractivity contribution in [1.82, 2.24) is 5.32 Å². The van der Waals surface area contributed by atoms with E-state index in [9.17, 15) is 27.6 Å². The number of carbonyl (C=O) groups is 3. The van der Waals surface area contributed by atoms with Gasteiger partial charge in [0.05, 0.1) is 11.5 Å². The van der Waals surface area contributed by atoms with E-state index in [-0.39, 0.29) is 36.5 Å². The Balaban J connectivity index is 1.46. The molecule has 256 valence electrons. The molecule has 1 atom stereocenters. The first-order chi connectivity index (χ1) is 23.8. The van der Waals surface area contributed by atoms with Gasteiger partial charge in [-0.25, -0.2) is 0 Å². The fraction of sp³-hybridized carbons (Fsp3) is 0.175. The van der Waals surface area contributed by atoms with E-state index in [0.717, 1.165) is 34.6 Å². The van der Waals surface area contributed by atoms with E-state index in [1.807, 2.05) is 43.3 Å². The van der Waals surface area contributed by atoms with E-state index >= 15 is 0 Å². The number of benzene rings is 5. The zero-order valence-corrected chi connectivity index (χ0v) is 28.7. The van der Waals surface area contributed by atoms with Gasteiger partial charge in [-0.2, -0.15) is 13.2 Å². The molecule has 0 aromatic heterocycles. The highest BCUT2D eigenvalue weighted by Crippen LogP contribution is 2.40. The molecule has 0 saturated heterocycles. The minimum Gasteiger partial charge on any atom is -0.352 e. The number of halogens is 5. The second-order valence-corrected chi connectivity index (χ2v) is 12.8. The third kappa shape index (κ3) is 8.80. The summed E-state index contributed by atoms with van der Waals surface area (Å²) in [6.07, 6.45) is -3.58. The summed E-state index contributed by atoms with van der Waals surface area (Å²) in [7, 11) is 0. The normalized spacial score (nSPS) is 11.9. The number of hydrogen-bond acceptors (Lipinski definition) is 3. The van der Waals surface area contributed by atoms with Crippen LogP contribution in [0.1, 0.15) is 50.5 Å². The van der Waals surface area contributed by atoms with Crippen molar-refractivity contribution in [3.8, 4) is 22.3 Å². The maximum atomic E-state index is 14.4. The lowest BCUT2D eigenvalue weighted by molar-refractivity contribution is -0.137. The van der Waals surface area contributed by atoms with Gasteiger partial charge in [-0.05, 0) is 113 Å². The molecular weight excluding hydrogens is 684 g/mol.